The molecule has 1 heterocycles. The molecule has 0 saturated carbocycles. The summed E-state index contributed by atoms with van der Waals surface area (Å²) >= 11 is 0. The van der Waals surface area contributed by atoms with Gasteiger partial charge in [-0.15, -0.1) is 24.0 Å². The molecule has 1 aliphatic heterocycles. The summed E-state index contributed by atoms with van der Waals surface area (Å²) in [4.78, 5) is 9.56. The number of ether oxygens (including phenoxy) is 3. The lowest BCUT2D eigenvalue weighted by atomic mass is 10.1. The van der Waals surface area contributed by atoms with Gasteiger partial charge in [0.2, 0.25) is 0 Å². The zero-order chi connectivity index (χ0) is 21.4. The van der Waals surface area contributed by atoms with Crippen molar-refractivity contribution in [3.63, 3.8) is 0 Å². The molecule has 0 radical (unpaired) electrons. The van der Waals surface area contributed by atoms with Crippen molar-refractivity contribution in [1.29, 1.82) is 0 Å². The number of methoxy groups -OCH3 is 2. The van der Waals surface area contributed by atoms with Gasteiger partial charge in [-0.05, 0) is 51.0 Å². The first-order valence-electron chi connectivity index (χ1n) is 10.5. The summed E-state index contributed by atoms with van der Waals surface area (Å²) in [6.07, 6.45) is 0. The van der Waals surface area contributed by atoms with Crippen LogP contribution in [-0.2, 0) is 11.3 Å². The molecule has 7 nitrogen and oxygen atoms in total. The van der Waals surface area contributed by atoms with Crippen molar-refractivity contribution in [2.75, 3.05) is 54.1 Å². The molecule has 2 rings (SSSR count). The van der Waals surface area contributed by atoms with Gasteiger partial charge in [-0.25, -0.2) is 0 Å². The van der Waals surface area contributed by atoms with Gasteiger partial charge in [-0.3, -0.25) is 9.89 Å². The maximum atomic E-state index is 5.56. The van der Waals surface area contributed by atoms with Gasteiger partial charge in [-0.2, -0.15) is 0 Å². The lowest BCUT2D eigenvalue weighted by Gasteiger charge is -2.37. The Morgan fingerprint density at radius 2 is 2.00 bits per heavy atom. The van der Waals surface area contributed by atoms with E-state index in [1.54, 1.807) is 14.2 Å². The molecule has 2 unspecified atom stereocenters. The van der Waals surface area contributed by atoms with Crippen LogP contribution < -0.4 is 14.8 Å². The first-order valence-corrected chi connectivity index (χ1v) is 10.5. The Morgan fingerprint density at radius 3 is 2.60 bits per heavy atom. The molecule has 1 aromatic rings. The van der Waals surface area contributed by atoms with Gasteiger partial charge in [0.1, 0.15) is 0 Å². The fourth-order valence-electron chi connectivity index (χ4n) is 3.71. The summed E-state index contributed by atoms with van der Waals surface area (Å²) in [5, 5.41) is 3.42. The number of guanidine groups is 1. The predicted molar refractivity (Wildman–Crippen MR) is 134 cm³/mol. The summed E-state index contributed by atoms with van der Waals surface area (Å²) in [5.74, 6) is 2.42. The number of nitrogens with one attached hydrogen (secondary N) is 1. The molecule has 1 saturated heterocycles. The summed E-state index contributed by atoms with van der Waals surface area (Å²) in [6, 6.07) is 4.88. The van der Waals surface area contributed by atoms with Crippen molar-refractivity contribution in [2.24, 2.45) is 4.99 Å². The summed E-state index contributed by atoms with van der Waals surface area (Å²) in [5.41, 5.74) is 2.35. The Hall–Kier alpha value is -1.26. The highest BCUT2D eigenvalue weighted by molar-refractivity contribution is 14.0. The van der Waals surface area contributed by atoms with Crippen LogP contribution in [0.15, 0.2) is 17.1 Å². The van der Waals surface area contributed by atoms with Crippen LogP contribution in [0.5, 0.6) is 11.5 Å². The number of hydrogen-bond acceptors (Lipinski definition) is 5. The standard InChI is InChI=1S/C22H38N4O3.HI/c1-8-23-22(24-13-17(3)26-9-10-29-15-18(26)4)25(5)14-19-12-21(28-7)20(27-6)11-16(19)2;/h11-12,17-18H,8-10,13-15H2,1-7H3,(H,23,24);1H. The maximum Gasteiger partial charge on any atom is 0.194 e. The van der Waals surface area contributed by atoms with Crippen LogP contribution in [0.1, 0.15) is 31.9 Å². The Labute approximate surface area is 199 Å². The molecule has 0 aliphatic carbocycles. The van der Waals surface area contributed by atoms with Crippen LogP contribution >= 0.6 is 24.0 Å². The van der Waals surface area contributed by atoms with Crippen molar-refractivity contribution in [3.8, 4) is 11.5 Å². The van der Waals surface area contributed by atoms with Gasteiger partial charge in [0.25, 0.3) is 0 Å². The molecule has 0 aromatic heterocycles. The molecule has 0 bridgehead atoms. The number of aliphatic imine (C=N–C) groups is 1. The van der Waals surface area contributed by atoms with Crippen molar-refractivity contribution in [3.05, 3.63) is 23.3 Å². The van der Waals surface area contributed by atoms with E-state index < -0.39 is 0 Å². The molecule has 2 atom stereocenters. The van der Waals surface area contributed by atoms with E-state index in [2.05, 4.69) is 49.9 Å². The number of hydrogen-bond donors (Lipinski definition) is 1. The lowest BCUT2D eigenvalue weighted by Crippen LogP contribution is -2.49. The minimum atomic E-state index is 0. The smallest absolute Gasteiger partial charge is 0.194 e. The highest BCUT2D eigenvalue weighted by Crippen LogP contribution is 2.30. The Morgan fingerprint density at radius 1 is 1.33 bits per heavy atom. The van der Waals surface area contributed by atoms with Gasteiger partial charge in [0, 0.05) is 38.8 Å². The Bertz CT molecular complexity index is 687. The van der Waals surface area contributed by atoms with Crippen LogP contribution in [0, 0.1) is 6.92 Å². The third-order valence-corrected chi connectivity index (χ3v) is 5.44. The average molecular weight is 534 g/mol. The Balaban J connectivity index is 0.00000450. The first kappa shape index (κ1) is 26.8. The van der Waals surface area contributed by atoms with Gasteiger partial charge in [0.05, 0.1) is 34.0 Å². The number of rotatable bonds is 8. The third-order valence-electron chi connectivity index (χ3n) is 5.44. The van der Waals surface area contributed by atoms with E-state index in [4.69, 9.17) is 19.2 Å². The zero-order valence-electron chi connectivity index (χ0n) is 19.5. The minimum Gasteiger partial charge on any atom is -0.493 e. The highest BCUT2D eigenvalue weighted by atomic mass is 127. The van der Waals surface area contributed by atoms with Crippen molar-refractivity contribution in [2.45, 2.75) is 46.3 Å². The van der Waals surface area contributed by atoms with Crippen molar-refractivity contribution >= 4 is 29.9 Å². The molecule has 1 aromatic carbocycles. The van der Waals surface area contributed by atoms with E-state index in [9.17, 15) is 0 Å². The summed E-state index contributed by atoms with van der Waals surface area (Å²) in [7, 11) is 5.40. The van der Waals surface area contributed by atoms with E-state index in [1.807, 2.05) is 12.1 Å². The molecule has 1 N–H and O–H groups in total. The van der Waals surface area contributed by atoms with Crippen LogP contribution in [-0.4, -0.2) is 82.0 Å². The maximum absolute atomic E-state index is 5.56. The van der Waals surface area contributed by atoms with Crippen LogP contribution in [0.25, 0.3) is 0 Å². The zero-order valence-corrected chi connectivity index (χ0v) is 21.9. The minimum absolute atomic E-state index is 0. The molecular weight excluding hydrogens is 495 g/mol. The largest absolute Gasteiger partial charge is 0.493 e. The van der Waals surface area contributed by atoms with Gasteiger partial charge < -0.3 is 24.4 Å². The first-order chi connectivity index (χ1) is 13.9. The highest BCUT2D eigenvalue weighted by Gasteiger charge is 2.23. The number of halogens is 1. The number of morpholine rings is 1. The SMILES string of the molecule is CCNC(=NCC(C)N1CCOCC1C)N(C)Cc1cc(OC)c(OC)cc1C.I. The molecule has 172 valence electrons. The molecular formula is C22H39IN4O3. The van der Waals surface area contributed by atoms with Crippen molar-refractivity contribution < 1.29 is 14.2 Å². The van der Waals surface area contributed by atoms with Gasteiger partial charge in [-0.1, -0.05) is 0 Å². The molecule has 1 fully saturated rings. The number of nitrogens with zero attached hydrogens (tertiary/aromatic N) is 3. The summed E-state index contributed by atoms with van der Waals surface area (Å²) < 4.78 is 16.4. The topological polar surface area (TPSA) is 58.6 Å². The van der Waals surface area contributed by atoms with E-state index in [-0.39, 0.29) is 24.0 Å². The molecule has 0 amide bonds. The normalized spacial score (nSPS) is 18.4. The fourth-order valence-corrected chi connectivity index (χ4v) is 3.71. The van der Waals surface area contributed by atoms with Gasteiger partial charge >= 0.3 is 0 Å². The molecule has 8 heteroatoms. The van der Waals surface area contributed by atoms with E-state index in [0.29, 0.717) is 12.1 Å². The second-order valence-electron chi connectivity index (χ2n) is 7.70. The van der Waals surface area contributed by atoms with Crippen LogP contribution in [0.3, 0.4) is 0 Å². The summed E-state index contributed by atoms with van der Waals surface area (Å²) in [6.45, 7) is 13.5. The molecule has 0 spiro atoms. The Kier molecular flexibility index (Phi) is 11.8. The number of benzene rings is 1. The monoisotopic (exact) mass is 534 g/mol. The second-order valence-corrected chi connectivity index (χ2v) is 7.70. The van der Waals surface area contributed by atoms with Crippen molar-refractivity contribution in [1.82, 2.24) is 15.1 Å². The average Bonchev–Trinajstić information content (AvgIpc) is 2.72. The third kappa shape index (κ3) is 7.16. The number of aryl methyl sites for hydroxylation is 1. The second kappa shape index (κ2) is 13.2. The lowest BCUT2D eigenvalue weighted by molar-refractivity contribution is -0.0166. The van der Waals surface area contributed by atoms with E-state index in [0.717, 1.165) is 56.9 Å². The van der Waals surface area contributed by atoms with E-state index >= 15 is 0 Å². The fraction of sp³-hybridized carbons (Fsp3) is 0.682. The van der Waals surface area contributed by atoms with Crippen LogP contribution in [0.4, 0.5) is 0 Å². The molecule has 1 aliphatic rings. The quantitative estimate of drug-likeness (QED) is 0.314. The molecule has 30 heavy (non-hydrogen) atoms. The predicted octanol–water partition coefficient (Wildman–Crippen LogP) is 3.14. The van der Waals surface area contributed by atoms with Crippen LogP contribution in [0.2, 0.25) is 0 Å². The van der Waals surface area contributed by atoms with E-state index in [1.165, 1.54) is 11.1 Å². The van der Waals surface area contributed by atoms with Gasteiger partial charge in [0.15, 0.2) is 17.5 Å².